The van der Waals surface area contributed by atoms with Crippen molar-refractivity contribution in [1.29, 1.82) is 0 Å². The second-order valence-corrected chi connectivity index (χ2v) is 4.68. The van der Waals surface area contributed by atoms with Crippen LogP contribution in [-0.4, -0.2) is 9.97 Å². The first-order chi connectivity index (χ1) is 8.22. The summed E-state index contributed by atoms with van der Waals surface area (Å²) in [6.07, 6.45) is 1.67. The lowest BCUT2D eigenvalue weighted by Crippen LogP contribution is -2.01. The number of nitrogens with one attached hydrogen (secondary N) is 2. The standard InChI is InChI=1S/C12H8N2O2S/c15-11-4-2-8(6-13-11)7-1-3-9-10(5-7)17-12(16)14-9/h1-6H,(H,13,15)(H,14,16). The van der Waals surface area contributed by atoms with Crippen molar-refractivity contribution in [3.8, 4) is 11.1 Å². The number of thiazole rings is 1. The molecule has 0 aliphatic rings. The molecule has 0 atom stereocenters. The highest BCUT2D eigenvalue weighted by molar-refractivity contribution is 7.16. The normalized spacial score (nSPS) is 10.8. The molecule has 84 valence electrons. The molecule has 3 rings (SSSR count). The summed E-state index contributed by atoms with van der Waals surface area (Å²) in [6, 6.07) is 8.96. The molecule has 3 aromatic rings. The highest BCUT2D eigenvalue weighted by Crippen LogP contribution is 2.23. The van der Waals surface area contributed by atoms with E-state index in [1.54, 1.807) is 12.3 Å². The van der Waals surface area contributed by atoms with Crippen molar-refractivity contribution in [3.63, 3.8) is 0 Å². The van der Waals surface area contributed by atoms with Crippen molar-refractivity contribution in [2.75, 3.05) is 0 Å². The van der Waals surface area contributed by atoms with Crippen LogP contribution in [0.5, 0.6) is 0 Å². The molecule has 0 fully saturated rings. The van der Waals surface area contributed by atoms with Crippen LogP contribution in [0.1, 0.15) is 0 Å². The van der Waals surface area contributed by atoms with Crippen LogP contribution in [0.3, 0.4) is 0 Å². The van der Waals surface area contributed by atoms with E-state index in [0.29, 0.717) is 0 Å². The minimum absolute atomic E-state index is 0.0568. The van der Waals surface area contributed by atoms with Gasteiger partial charge >= 0.3 is 4.87 Å². The van der Waals surface area contributed by atoms with Gasteiger partial charge in [0, 0.05) is 12.3 Å². The highest BCUT2D eigenvalue weighted by Gasteiger charge is 2.02. The summed E-state index contributed by atoms with van der Waals surface area (Å²) in [4.78, 5) is 27.5. The van der Waals surface area contributed by atoms with Gasteiger partial charge in [-0.05, 0) is 29.3 Å². The number of pyridine rings is 1. The zero-order chi connectivity index (χ0) is 11.8. The fraction of sp³-hybridized carbons (Fsp3) is 0. The van der Waals surface area contributed by atoms with Crippen LogP contribution >= 0.6 is 11.3 Å². The average Bonchev–Trinajstić information content (AvgIpc) is 2.69. The third-order valence-corrected chi connectivity index (χ3v) is 3.38. The summed E-state index contributed by atoms with van der Waals surface area (Å²) < 4.78 is 0.915. The third-order valence-electron chi connectivity index (χ3n) is 2.54. The Morgan fingerprint density at radius 2 is 1.82 bits per heavy atom. The Balaban J connectivity index is 2.20. The van der Waals surface area contributed by atoms with Gasteiger partial charge in [0.05, 0.1) is 10.2 Å². The van der Waals surface area contributed by atoms with E-state index in [1.807, 2.05) is 18.2 Å². The van der Waals surface area contributed by atoms with Gasteiger partial charge in [0.25, 0.3) is 0 Å². The molecule has 0 spiro atoms. The predicted molar refractivity (Wildman–Crippen MR) is 68.5 cm³/mol. The topological polar surface area (TPSA) is 65.7 Å². The first-order valence-corrected chi connectivity index (χ1v) is 5.86. The van der Waals surface area contributed by atoms with Gasteiger partial charge < -0.3 is 9.97 Å². The Bertz CT molecular complexity index is 777. The fourth-order valence-corrected chi connectivity index (χ4v) is 2.49. The lowest BCUT2D eigenvalue weighted by atomic mass is 10.1. The molecule has 0 aliphatic carbocycles. The quantitative estimate of drug-likeness (QED) is 0.687. The van der Waals surface area contributed by atoms with Gasteiger partial charge in [-0.2, -0.15) is 0 Å². The van der Waals surface area contributed by atoms with E-state index in [4.69, 9.17) is 0 Å². The van der Waals surface area contributed by atoms with Crippen molar-refractivity contribution < 1.29 is 0 Å². The molecule has 1 aromatic carbocycles. The number of H-pyrrole nitrogens is 2. The van der Waals surface area contributed by atoms with Gasteiger partial charge in [-0.1, -0.05) is 17.4 Å². The summed E-state index contributed by atoms with van der Waals surface area (Å²) in [7, 11) is 0. The third kappa shape index (κ3) is 1.81. The second-order valence-electron chi connectivity index (χ2n) is 3.67. The van der Waals surface area contributed by atoms with Crippen molar-refractivity contribution in [1.82, 2.24) is 9.97 Å². The van der Waals surface area contributed by atoms with Crippen LogP contribution in [0.25, 0.3) is 21.3 Å². The SMILES string of the molecule is O=c1ccc(-c2ccc3[nH]c(=O)sc3c2)c[nH]1. The van der Waals surface area contributed by atoms with Crippen LogP contribution in [0, 0.1) is 0 Å². The van der Waals surface area contributed by atoms with E-state index in [9.17, 15) is 9.59 Å². The van der Waals surface area contributed by atoms with Crippen LogP contribution in [0.15, 0.2) is 46.1 Å². The average molecular weight is 244 g/mol. The fourth-order valence-electron chi connectivity index (χ4n) is 1.72. The van der Waals surface area contributed by atoms with Crippen molar-refractivity contribution >= 4 is 21.6 Å². The molecule has 0 aliphatic heterocycles. The molecule has 5 heteroatoms. The lowest BCUT2D eigenvalue weighted by molar-refractivity contribution is 1.24. The van der Waals surface area contributed by atoms with Gasteiger partial charge in [-0.25, -0.2) is 0 Å². The monoisotopic (exact) mass is 244 g/mol. The van der Waals surface area contributed by atoms with E-state index in [1.165, 1.54) is 17.4 Å². The summed E-state index contributed by atoms with van der Waals surface area (Å²) in [6.45, 7) is 0. The van der Waals surface area contributed by atoms with Crippen molar-refractivity contribution in [2.24, 2.45) is 0 Å². The molecular weight excluding hydrogens is 236 g/mol. The number of aromatic nitrogens is 2. The number of aromatic amines is 2. The van der Waals surface area contributed by atoms with Gasteiger partial charge in [0.15, 0.2) is 0 Å². The summed E-state index contributed by atoms with van der Waals surface area (Å²) in [5.74, 6) is 0. The maximum atomic E-state index is 11.2. The molecule has 0 saturated heterocycles. The number of hydrogen-bond donors (Lipinski definition) is 2. The number of benzene rings is 1. The van der Waals surface area contributed by atoms with Crippen LogP contribution in [-0.2, 0) is 0 Å². The molecule has 2 N–H and O–H groups in total. The minimum atomic E-state index is -0.124. The maximum Gasteiger partial charge on any atom is 0.305 e. The maximum absolute atomic E-state index is 11.2. The minimum Gasteiger partial charge on any atom is -0.328 e. The summed E-state index contributed by atoms with van der Waals surface area (Å²) >= 11 is 1.18. The molecule has 0 unspecified atom stereocenters. The van der Waals surface area contributed by atoms with Gasteiger partial charge in [0.2, 0.25) is 5.56 Å². The van der Waals surface area contributed by atoms with E-state index >= 15 is 0 Å². The summed E-state index contributed by atoms with van der Waals surface area (Å²) in [5.41, 5.74) is 2.62. The lowest BCUT2D eigenvalue weighted by Gasteiger charge is -2.00. The number of rotatable bonds is 1. The Morgan fingerprint density at radius 3 is 2.59 bits per heavy atom. The van der Waals surface area contributed by atoms with Gasteiger partial charge in [-0.15, -0.1) is 0 Å². The molecule has 0 amide bonds. The van der Waals surface area contributed by atoms with Crippen molar-refractivity contribution in [3.05, 3.63) is 56.5 Å². The number of fused-ring (bicyclic) bond motifs is 1. The molecule has 0 saturated carbocycles. The zero-order valence-corrected chi connectivity index (χ0v) is 9.51. The van der Waals surface area contributed by atoms with Crippen molar-refractivity contribution in [2.45, 2.75) is 0 Å². The van der Waals surface area contributed by atoms with E-state index in [2.05, 4.69) is 9.97 Å². The Kier molecular flexibility index (Phi) is 2.19. The Hall–Kier alpha value is -2.14. The molecular formula is C12H8N2O2S. The largest absolute Gasteiger partial charge is 0.328 e. The highest BCUT2D eigenvalue weighted by atomic mass is 32.1. The number of hydrogen-bond acceptors (Lipinski definition) is 3. The smallest absolute Gasteiger partial charge is 0.305 e. The van der Waals surface area contributed by atoms with Crippen LogP contribution < -0.4 is 10.4 Å². The molecule has 4 nitrogen and oxygen atoms in total. The molecule has 17 heavy (non-hydrogen) atoms. The van der Waals surface area contributed by atoms with E-state index in [0.717, 1.165) is 21.3 Å². The molecule has 0 radical (unpaired) electrons. The first kappa shape index (κ1) is 10.0. The van der Waals surface area contributed by atoms with Gasteiger partial charge in [-0.3, -0.25) is 9.59 Å². The second kappa shape index (κ2) is 3.71. The van der Waals surface area contributed by atoms with E-state index < -0.39 is 0 Å². The Labute approximate surface area is 99.6 Å². The molecule has 2 heterocycles. The van der Waals surface area contributed by atoms with Crippen LogP contribution in [0.2, 0.25) is 0 Å². The van der Waals surface area contributed by atoms with E-state index in [-0.39, 0.29) is 10.4 Å². The molecule has 2 aromatic heterocycles. The van der Waals surface area contributed by atoms with Gasteiger partial charge in [0.1, 0.15) is 0 Å². The van der Waals surface area contributed by atoms with Crippen LogP contribution in [0.4, 0.5) is 0 Å². The summed E-state index contributed by atoms with van der Waals surface area (Å²) in [5, 5.41) is 0. The zero-order valence-electron chi connectivity index (χ0n) is 8.69. The molecule has 0 bridgehead atoms. The first-order valence-electron chi connectivity index (χ1n) is 5.04. The predicted octanol–water partition coefficient (Wildman–Crippen LogP) is 1.94. The Morgan fingerprint density at radius 1 is 1.00 bits per heavy atom.